The highest BCUT2D eigenvalue weighted by Crippen LogP contribution is 2.17. The zero-order valence-electron chi connectivity index (χ0n) is 24.3. The smallest absolute Gasteiger partial charge is 0.162 e. The molecule has 0 atom stereocenters. The van der Waals surface area contributed by atoms with Gasteiger partial charge in [-0.2, -0.15) is 0 Å². The number of ketones is 2. The number of likely N-dealkylation sites (tertiary alicyclic amines) is 1. The van der Waals surface area contributed by atoms with Crippen LogP contribution in [-0.2, 0) is 17.8 Å². The van der Waals surface area contributed by atoms with Crippen LogP contribution < -0.4 is 9.47 Å². The fourth-order valence-electron chi connectivity index (χ4n) is 4.76. The molecule has 5 heteroatoms. The number of rotatable bonds is 15. The Morgan fingerprint density at radius 1 is 0.725 bits per heavy atom. The van der Waals surface area contributed by atoms with E-state index in [1.165, 1.54) is 50.0 Å². The summed E-state index contributed by atoms with van der Waals surface area (Å²) in [4.78, 5) is 25.2. The van der Waals surface area contributed by atoms with Crippen molar-refractivity contribution >= 4 is 11.6 Å². The van der Waals surface area contributed by atoms with Crippen LogP contribution in [0, 0.1) is 0 Å². The van der Waals surface area contributed by atoms with Crippen molar-refractivity contribution in [1.29, 1.82) is 0 Å². The van der Waals surface area contributed by atoms with E-state index in [4.69, 9.17) is 9.47 Å². The molecule has 0 aliphatic carbocycles. The molecule has 214 valence electrons. The number of methoxy groups -OCH3 is 1. The van der Waals surface area contributed by atoms with Crippen LogP contribution in [0.1, 0.15) is 79.8 Å². The molecular formula is C35H45NO4. The standard InChI is InChI=1S/C20H25NO.C15H20O3/c1-2-7-19(8-3-1)17-22-20-12-10-18(11-13-20)9-6-16-21-14-4-5-15-21;1-12(16)6-4-3-5-7-15(17)13-8-10-14(18-2)11-9-13/h1-3,7-8,10-13H,4-6,9,14-17H2;8-11H,3-7H2,1-2H3. The molecule has 0 radical (unpaired) electrons. The average molecular weight is 544 g/mol. The van der Waals surface area contributed by atoms with Crippen molar-refractivity contribution in [3.8, 4) is 11.5 Å². The van der Waals surface area contributed by atoms with Gasteiger partial charge in [0.25, 0.3) is 0 Å². The summed E-state index contributed by atoms with van der Waals surface area (Å²) in [5, 5.41) is 0. The van der Waals surface area contributed by atoms with Crippen LogP contribution in [0.25, 0.3) is 0 Å². The molecule has 1 fully saturated rings. The topological polar surface area (TPSA) is 55.8 Å². The maximum Gasteiger partial charge on any atom is 0.162 e. The number of carbonyl (C=O) groups is 2. The van der Waals surface area contributed by atoms with E-state index < -0.39 is 0 Å². The minimum atomic E-state index is 0.153. The van der Waals surface area contributed by atoms with Crippen LogP contribution in [0.2, 0.25) is 0 Å². The Kier molecular flexibility index (Phi) is 14.0. The lowest BCUT2D eigenvalue weighted by atomic mass is 10.0. The van der Waals surface area contributed by atoms with Crippen molar-refractivity contribution in [3.63, 3.8) is 0 Å². The van der Waals surface area contributed by atoms with Gasteiger partial charge in [0.05, 0.1) is 7.11 Å². The quantitative estimate of drug-likeness (QED) is 0.145. The van der Waals surface area contributed by atoms with Gasteiger partial charge in [-0.05, 0) is 113 Å². The first-order valence-corrected chi connectivity index (χ1v) is 14.7. The van der Waals surface area contributed by atoms with E-state index in [2.05, 4.69) is 41.3 Å². The van der Waals surface area contributed by atoms with Crippen LogP contribution in [0.4, 0.5) is 0 Å². The molecule has 5 nitrogen and oxygen atoms in total. The van der Waals surface area contributed by atoms with Crippen molar-refractivity contribution in [2.24, 2.45) is 0 Å². The molecule has 40 heavy (non-hydrogen) atoms. The summed E-state index contributed by atoms with van der Waals surface area (Å²) < 4.78 is 10.9. The number of hydrogen-bond donors (Lipinski definition) is 0. The van der Waals surface area contributed by atoms with Crippen LogP contribution in [0.15, 0.2) is 78.9 Å². The minimum Gasteiger partial charge on any atom is -0.497 e. The van der Waals surface area contributed by atoms with E-state index in [9.17, 15) is 9.59 Å². The molecule has 3 aromatic rings. The normalized spacial score (nSPS) is 12.8. The summed E-state index contributed by atoms with van der Waals surface area (Å²) >= 11 is 0. The van der Waals surface area contributed by atoms with Gasteiger partial charge in [-0.25, -0.2) is 0 Å². The van der Waals surface area contributed by atoms with E-state index in [0.717, 1.165) is 42.7 Å². The second kappa shape index (κ2) is 18.0. The van der Waals surface area contributed by atoms with E-state index >= 15 is 0 Å². The summed E-state index contributed by atoms with van der Waals surface area (Å²) in [6.45, 7) is 6.07. The fourth-order valence-corrected chi connectivity index (χ4v) is 4.76. The van der Waals surface area contributed by atoms with Crippen molar-refractivity contribution in [3.05, 3.63) is 95.6 Å². The van der Waals surface area contributed by atoms with Crippen LogP contribution >= 0.6 is 0 Å². The number of unbranched alkanes of at least 4 members (excludes halogenated alkanes) is 2. The Morgan fingerprint density at radius 3 is 2.02 bits per heavy atom. The zero-order valence-corrected chi connectivity index (χ0v) is 24.3. The summed E-state index contributed by atoms with van der Waals surface area (Å²) in [6, 6.07) is 26.0. The van der Waals surface area contributed by atoms with Gasteiger partial charge in [0.15, 0.2) is 5.78 Å². The second-order valence-electron chi connectivity index (χ2n) is 10.5. The zero-order chi connectivity index (χ0) is 28.4. The molecule has 0 saturated carbocycles. The van der Waals surface area contributed by atoms with Gasteiger partial charge in [-0.15, -0.1) is 0 Å². The summed E-state index contributed by atoms with van der Waals surface area (Å²) in [5.74, 6) is 2.08. The predicted octanol–water partition coefficient (Wildman–Crippen LogP) is 7.71. The minimum absolute atomic E-state index is 0.153. The number of benzene rings is 3. The Morgan fingerprint density at radius 2 is 1.38 bits per heavy atom. The van der Waals surface area contributed by atoms with Gasteiger partial charge in [-0.1, -0.05) is 48.9 Å². The van der Waals surface area contributed by atoms with E-state index in [1.54, 1.807) is 38.3 Å². The maximum absolute atomic E-state index is 11.8. The van der Waals surface area contributed by atoms with Crippen molar-refractivity contribution < 1.29 is 19.1 Å². The molecular weight excluding hydrogens is 498 g/mol. The highest BCUT2D eigenvalue weighted by molar-refractivity contribution is 5.96. The number of nitrogens with zero attached hydrogens (tertiary/aromatic N) is 1. The third-order valence-corrected chi connectivity index (χ3v) is 7.15. The van der Waals surface area contributed by atoms with Crippen LogP contribution in [0.3, 0.4) is 0 Å². The molecule has 0 bridgehead atoms. The molecule has 0 aromatic heterocycles. The molecule has 0 amide bonds. The molecule has 3 aromatic carbocycles. The summed E-state index contributed by atoms with van der Waals surface area (Å²) in [6.07, 6.45) is 9.01. The Bertz CT molecular complexity index is 1120. The lowest BCUT2D eigenvalue weighted by Crippen LogP contribution is -2.20. The number of hydrogen-bond acceptors (Lipinski definition) is 5. The summed E-state index contributed by atoms with van der Waals surface area (Å²) in [7, 11) is 1.60. The Labute approximate surface area is 240 Å². The number of carbonyl (C=O) groups excluding carboxylic acids is 2. The molecule has 0 unspecified atom stereocenters. The van der Waals surface area contributed by atoms with E-state index in [1.807, 2.05) is 18.2 Å². The Balaban J connectivity index is 0.000000226. The molecule has 1 saturated heterocycles. The van der Waals surface area contributed by atoms with Gasteiger partial charge in [0, 0.05) is 18.4 Å². The molecule has 1 heterocycles. The molecule has 0 spiro atoms. The van der Waals surface area contributed by atoms with Crippen LogP contribution in [-0.4, -0.2) is 43.2 Å². The molecule has 0 N–H and O–H groups in total. The van der Waals surface area contributed by atoms with Crippen molar-refractivity contribution in [2.45, 2.75) is 71.3 Å². The van der Waals surface area contributed by atoms with Gasteiger partial charge in [0.2, 0.25) is 0 Å². The fraction of sp³-hybridized carbons (Fsp3) is 0.429. The molecule has 4 rings (SSSR count). The number of ether oxygens (including phenoxy) is 2. The highest BCUT2D eigenvalue weighted by atomic mass is 16.5. The first kappa shape index (κ1) is 31.1. The Hall–Kier alpha value is -3.44. The largest absolute Gasteiger partial charge is 0.497 e. The number of Topliss-reactive ketones (excluding diaryl/α,β-unsaturated/α-hetero) is 2. The van der Waals surface area contributed by atoms with Gasteiger partial charge in [0.1, 0.15) is 23.9 Å². The van der Waals surface area contributed by atoms with E-state index in [-0.39, 0.29) is 11.6 Å². The first-order chi connectivity index (χ1) is 19.5. The first-order valence-electron chi connectivity index (χ1n) is 14.7. The second-order valence-corrected chi connectivity index (χ2v) is 10.5. The van der Waals surface area contributed by atoms with Gasteiger partial charge < -0.3 is 19.2 Å². The van der Waals surface area contributed by atoms with Crippen molar-refractivity contribution in [1.82, 2.24) is 4.90 Å². The third kappa shape index (κ3) is 12.2. The SMILES string of the molecule is COc1ccc(C(=O)CCCCCC(C)=O)cc1.c1ccc(COc2ccc(CCCN3CCCC3)cc2)cc1. The highest BCUT2D eigenvalue weighted by Gasteiger charge is 2.10. The maximum atomic E-state index is 11.8. The summed E-state index contributed by atoms with van der Waals surface area (Å²) in [5.41, 5.74) is 3.34. The van der Waals surface area contributed by atoms with Gasteiger partial charge >= 0.3 is 0 Å². The van der Waals surface area contributed by atoms with Crippen molar-refractivity contribution in [2.75, 3.05) is 26.7 Å². The van der Waals surface area contributed by atoms with Crippen LogP contribution in [0.5, 0.6) is 11.5 Å². The van der Waals surface area contributed by atoms with Gasteiger partial charge in [-0.3, -0.25) is 4.79 Å². The monoisotopic (exact) mass is 543 g/mol. The third-order valence-electron chi connectivity index (χ3n) is 7.15. The predicted molar refractivity (Wildman–Crippen MR) is 162 cm³/mol. The molecule has 1 aliphatic rings. The van der Waals surface area contributed by atoms with E-state index in [0.29, 0.717) is 19.4 Å². The lowest BCUT2D eigenvalue weighted by Gasteiger charge is -2.14. The average Bonchev–Trinajstić information content (AvgIpc) is 3.51. The molecule has 1 aliphatic heterocycles. The lowest BCUT2D eigenvalue weighted by molar-refractivity contribution is -0.117. The number of aryl methyl sites for hydroxylation is 1.